The van der Waals surface area contributed by atoms with Crippen LogP contribution in [0.2, 0.25) is 0 Å². The van der Waals surface area contributed by atoms with Crippen molar-refractivity contribution >= 4 is 0 Å². The van der Waals surface area contributed by atoms with E-state index in [1.807, 2.05) is 43.3 Å². The van der Waals surface area contributed by atoms with Crippen LogP contribution < -0.4 is 15.2 Å². The summed E-state index contributed by atoms with van der Waals surface area (Å²) in [5.41, 5.74) is 7.87. The molecule has 0 amide bonds. The highest BCUT2D eigenvalue weighted by molar-refractivity contribution is 5.28. The van der Waals surface area contributed by atoms with E-state index >= 15 is 0 Å². The number of benzene rings is 1. The van der Waals surface area contributed by atoms with Gasteiger partial charge in [0.15, 0.2) is 0 Å². The summed E-state index contributed by atoms with van der Waals surface area (Å²) < 4.78 is 10.8. The summed E-state index contributed by atoms with van der Waals surface area (Å²) in [6.45, 7) is 2.38. The van der Waals surface area contributed by atoms with E-state index < -0.39 is 0 Å². The van der Waals surface area contributed by atoms with Gasteiger partial charge in [0, 0.05) is 18.3 Å². The smallest absolute Gasteiger partial charge is 0.213 e. The second-order valence-electron chi connectivity index (χ2n) is 4.36. The fraction of sp³-hybridized carbons (Fsp3) is 0.267. The normalized spacial score (nSPS) is 11.9. The van der Waals surface area contributed by atoms with Crippen LogP contribution >= 0.6 is 0 Å². The Morgan fingerprint density at radius 2 is 2.11 bits per heavy atom. The van der Waals surface area contributed by atoms with Crippen LogP contribution in [0.4, 0.5) is 0 Å². The molecular weight excluding hydrogens is 240 g/mol. The van der Waals surface area contributed by atoms with Crippen molar-refractivity contribution in [3.8, 4) is 11.6 Å². The molecule has 2 aromatic rings. The number of nitrogens with zero attached hydrogens (tertiary/aromatic N) is 1. The molecule has 0 spiro atoms. The molecule has 0 bridgehead atoms. The molecule has 0 radical (unpaired) electrons. The number of pyridine rings is 1. The van der Waals surface area contributed by atoms with Crippen LogP contribution in [-0.4, -0.2) is 12.1 Å². The monoisotopic (exact) mass is 258 g/mol. The average molecular weight is 258 g/mol. The molecule has 1 heterocycles. The maximum Gasteiger partial charge on any atom is 0.213 e. The summed E-state index contributed by atoms with van der Waals surface area (Å²) in [5.74, 6) is 1.40. The zero-order chi connectivity index (χ0) is 13.7. The lowest BCUT2D eigenvalue weighted by molar-refractivity contribution is 0.292. The molecule has 0 saturated carbocycles. The summed E-state index contributed by atoms with van der Waals surface area (Å²) in [7, 11) is 1.65. The van der Waals surface area contributed by atoms with Gasteiger partial charge in [-0.3, -0.25) is 0 Å². The predicted octanol–water partition coefficient (Wildman–Crippen LogP) is 2.69. The van der Waals surface area contributed by atoms with Crippen molar-refractivity contribution < 1.29 is 9.47 Å². The zero-order valence-corrected chi connectivity index (χ0v) is 11.2. The molecule has 100 valence electrons. The summed E-state index contributed by atoms with van der Waals surface area (Å²) >= 11 is 0. The topological polar surface area (TPSA) is 57.4 Å². The lowest BCUT2D eigenvalue weighted by Gasteiger charge is -2.09. The molecule has 0 aliphatic carbocycles. The molecule has 0 fully saturated rings. The van der Waals surface area contributed by atoms with E-state index in [0.29, 0.717) is 12.5 Å². The molecule has 19 heavy (non-hydrogen) atoms. The molecule has 0 saturated heterocycles. The van der Waals surface area contributed by atoms with E-state index in [4.69, 9.17) is 15.2 Å². The minimum absolute atomic E-state index is 0.0258. The number of methoxy groups -OCH3 is 1. The quantitative estimate of drug-likeness (QED) is 0.895. The van der Waals surface area contributed by atoms with Crippen LogP contribution in [0.3, 0.4) is 0 Å². The van der Waals surface area contributed by atoms with Crippen LogP contribution in [0, 0.1) is 0 Å². The Bertz CT molecular complexity index is 541. The Balaban J connectivity index is 2.03. The van der Waals surface area contributed by atoms with Crippen molar-refractivity contribution in [2.24, 2.45) is 5.73 Å². The van der Waals surface area contributed by atoms with E-state index in [1.54, 1.807) is 13.3 Å². The van der Waals surface area contributed by atoms with Gasteiger partial charge in [-0.15, -0.1) is 0 Å². The first kappa shape index (κ1) is 13.4. The Kier molecular flexibility index (Phi) is 4.36. The fourth-order valence-corrected chi connectivity index (χ4v) is 1.71. The number of hydrogen-bond acceptors (Lipinski definition) is 4. The van der Waals surface area contributed by atoms with Crippen molar-refractivity contribution in [1.82, 2.24) is 4.98 Å². The maximum absolute atomic E-state index is 5.83. The highest BCUT2D eigenvalue weighted by Crippen LogP contribution is 2.17. The maximum atomic E-state index is 5.83. The third-order valence-corrected chi connectivity index (χ3v) is 2.81. The van der Waals surface area contributed by atoms with Crippen LogP contribution in [0.1, 0.15) is 24.1 Å². The third kappa shape index (κ3) is 3.69. The third-order valence-electron chi connectivity index (χ3n) is 2.81. The van der Waals surface area contributed by atoms with E-state index in [-0.39, 0.29) is 6.04 Å². The molecular formula is C15H18N2O2. The molecule has 0 aliphatic rings. The standard InChI is InChI=1S/C15H18N2O2/c1-11(16)13-6-7-17-15(9-13)19-10-12-4-3-5-14(8-12)18-2/h3-9,11H,10,16H2,1-2H3. The van der Waals surface area contributed by atoms with Crippen LogP contribution in [0.15, 0.2) is 42.6 Å². The molecule has 4 nitrogen and oxygen atoms in total. The van der Waals surface area contributed by atoms with E-state index in [1.165, 1.54) is 0 Å². The van der Waals surface area contributed by atoms with Crippen molar-refractivity contribution in [3.05, 3.63) is 53.7 Å². The van der Waals surface area contributed by atoms with Crippen molar-refractivity contribution in [3.63, 3.8) is 0 Å². The Morgan fingerprint density at radius 3 is 2.84 bits per heavy atom. The first-order chi connectivity index (χ1) is 9.19. The van der Waals surface area contributed by atoms with E-state index in [0.717, 1.165) is 16.9 Å². The minimum atomic E-state index is -0.0258. The number of hydrogen-bond donors (Lipinski definition) is 1. The van der Waals surface area contributed by atoms with Gasteiger partial charge < -0.3 is 15.2 Å². The molecule has 2 rings (SSSR count). The second-order valence-corrected chi connectivity index (χ2v) is 4.36. The fourth-order valence-electron chi connectivity index (χ4n) is 1.71. The lowest BCUT2D eigenvalue weighted by Crippen LogP contribution is -2.06. The van der Waals surface area contributed by atoms with Crippen molar-refractivity contribution in [2.75, 3.05) is 7.11 Å². The van der Waals surface area contributed by atoms with Gasteiger partial charge in [0.05, 0.1) is 7.11 Å². The summed E-state index contributed by atoms with van der Waals surface area (Å²) in [5, 5.41) is 0. The molecule has 1 aromatic carbocycles. The summed E-state index contributed by atoms with van der Waals surface area (Å²) in [6.07, 6.45) is 1.71. The van der Waals surface area contributed by atoms with Crippen LogP contribution in [0.25, 0.3) is 0 Å². The van der Waals surface area contributed by atoms with Crippen molar-refractivity contribution in [1.29, 1.82) is 0 Å². The van der Waals surface area contributed by atoms with Crippen LogP contribution in [0.5, 0.6) is 11.6 Å². The van der Waals surface area contributed by atoms with Gasteiger partial charge in [0.2, 0.25) is 5.88 Å². The van der Waals surface area contributed by atoms with Gasteiger partial charge in [0.25, 0.3) is 0 Å². The SMILES string of the molecule is COc1cccc(COc2cc(C(C)N)ccn2)c1. The molecule has 1 aromatic heterocycles. The van der Waals surface area contributed by atoms with Gasteiger partial charge in [-0.1, -0.05) is 12.1 Å². The largest absolute Gasteiger partial charge is 0.497 e. The van der Waals surface area contributed by atoms with Crippen molar-refractivity contribution in [2.45, 2.75) is 19.6 Å². The highest BCUT2D eigenvalue weighted by Gasteiger charge is 2.03. The Hall–Kier alpha value is -2.07. The van der Waals surface area contributed by atoms with Crippen LogP contribution in [-0.2, 0) is 6.61 Å². The zero-order valence-electron chi connectivity index (χ0n) is 11.2. The second kappa shape index (κ2) is 6.20. The van der Waals surface area contributed by atoms with E-state index in [2.05, 4.69) is 4.98 Å². The molecule has 1 unspecified atom stereocenters. The average Bonchev–Trinajstić information content (AvgIpc) is 2.45. The minimum Gasteiger partial charge on any atom is -0.497 e. The first-order valence-corrected chi connectivity index (χ1v) is 6.16. The molecule has 4 heteroatoms. The number of rotatable bonds is 5. The first-order valence-electron chi connectivity index (χ1n) is 6.16. The molecule has 0 aliphatic heterocycles. The van der Waals surface area contributed by atoms with Gasteiger partial charge in [-0.2, -0.15) is 0 Å². The van der Waals surface area contributed by atoms with Gasteiger partial charge in [0.1, 0.15) is 12.4 Å². The Morgan fingerprint density at radius 1 is 1.26 bits per heavy atom. The van der Waals surface area contributed by atoms with Gasteiger partial charge >= 0.3 is 0 Å². The molecule has 2 N–H and O–H groups in total. The predicted molar refractivity (Wildman–Crippen MR) is 74.2 cm³/mol. The van der Waals surface area contributed by atoms with E-state index in [9.17, 15) is 0 Å². The molecule has 1 atom stereocenters. The Labute approximate surface area is 113 Å². The lowest BCUT2D eigenvalue weighted by atomic mass is 10.1. The number of nitrogens with two attached hydrogens (primary N) is 1. The number of ether oxygens (including phenoxy) is 2. The van der Waals surface area contributed by atoms with Gasteiger partial charge in [-0.25, -0.2) is 4.98 Å². The van der Waals surface area contributed by atoms with Gasteiger partial charge in [-0.05, 0) is 36.2 Å². The highest BCUT2D eigenvalue weighted by atomic mass is 16.5. The summed E-state index contributed by atoms with van der Waals surface area (Å²) in [6, 6.07) is 11.5. The summed E-state index contributed by atoms with van der Waals surface area (Å²) in [4.78, 5) is 4.17. The number of aromatic nitrogens is 1.